The molecule has 0 aliphatic rings. The Morgan fingerprint density at radius 1 is 1.18 bits per heavy atom. The number of pyridine rings is 2. The van der Waals surface area contributed by atoms with Gasteiger partial charge in [-0.1, -0.05) is 5.92 Å². The van der Waals surface area contributed by atoms with Gasteiger partial charge in [0.1, 0.15) is 6.54 Å². The molecule has 0 saturated carbocycles. The highest BCUT2D eigenvalue weighted by Crippen LogP contribution is 2.33. The van der Waals surface area contributed by atoms with E-state index in [1.807, 2.05) is 12.1 Å². The summed E-state index contributed by atoms with van der Waals surface area (Å²) in [5.74, 6) is 3.53. The Labute approximate surface area is 161 Å². The van der Waals surface area contributed by atoms with Crippen molar-refractivity contribution in [2.45, 2.75) is 6.54 Å². The minimum Gasteiger partial charge on any atom is -0.494 e. The normalized spacial score (nSPS) is 10.8. The van der Waals surface area contributed by atoms with Crippen molar-refractivity contribution < 1.29 is 14.6 Å². The Morgan fingerprint density at radius 3 is 2.79 bits per heavy atom. The number of aromatic nitrogens is 5. The summed E-state index contributed by atoms with van der Waals surface area (Å²) in [5.41, 5.74) is 2.80. The fourth-order valence-electron chi connectivity index (χ4n) is 2.96. The average molecular weight is 375 g/mol. The largest absolute Gasteiger partial charge is 0.494 e. The smallest absolute Gasteiger partial charge is 0.256 e. The van der Waals surface area contributed by atoms with Crippen LogP contribution in [-0.4, -0.2) is 43.6 Å². The zero-order valence-corrected chi connectivity index (χ0v) is 15.3. The molecule has 8 nitrogen and oxygen atoms in total. The van der Waals surface area contributed by atoms with Crippen molar-refractivity contribution >= 4 is 10.9 Å². The topological polar surface area (TPSA) is 87.2 Å². The molecule has 4 heterocycles. The number of hydrogen-bond acceptors (Lipinski definition) is 6. The second-order valence-electron chi connectivity index (χ2n) is 5.99. The predicted molar refractivity (Wildman–Crippen MR) is 104 cm³/mol. The van der Waals surface area contributed by atoms with Crippen molar-refractivity contribution in [2.75, 3.05) is 14.2 Å². The van der Waals surface area contributed by atoms with Crippen LogP contribution in [0.15, 0.2) is 43.0 Å². The van der Waals surface area contributed by atoms with Crippen LogP contribution in [0.2, 0.25) is 0 Å². The summed E-state index contributed by atoms with van der Waals surface area (Å²) in [6, 6.07) is 5.43. The lowest BCUT2D eigenvalue weighted by atomic mass is 10.1. The Hall–Kier alpha value is -3.99. The van der Waals surface area contributed by atoms with Crippen molar-refractivity contribution in [3.63, 3.8) is 0 Å². The highest BCUT2D eigenvalue weighted by atomic mass is 16.5. The van der Waals surface area contributed by atoms with E-state index >= 15 is 0 Å². The highest BCUT2D eigenvalue weighted by Gasteiger charge is 2.14. The van der Waals surface area contributed by atoms with Gasteiger partial charge in [0.25, 0.3) is 5.88 Å². The SMILES string of the molecule is C#CCn1cc(-n2cc3nc(-c4cnc(OC)c(OC)c4)ccc3c2O)cn1. The average Bonchev–Trinajstić information content (AvgIpc) is 3.31. The lowest BCUT2D eigenvalue weighted by Crippen LogP contribution is -1.95. The molecule has 8 heteroatoms. The summed E-state index contributed by atoms with van der Waals surface area (Å²) in [7, 11) is 3.09. The summed E-state index contributed by atoms with van der Waals surface area (Å²) < 4.78 is 13.7. The van der Waals surface area contributed by atoms with Crippen molar-refractivity contribution in [1.29, 1.82) is 0 Å². The van der Waals surface area contributed by atoms with Crippen LogP contribution in [0.3, 0.4) is 0 Å². The quantitative estimate of drug-likeness (QED) is 0.540. The molecule has 0 spiro atoms. The molecule has 0 aromatic carbocycles. The number of ether oxygens (including phenoxy) is 2. The van der Waals surface area contributed by atoms with E-state index in [4.69, 9.17) is 15.9 Å². The zero-order valence-electron chi connectivity index (χ0n) is 15.3. The second-order valence-corrected chi connectivity index (χ2v) is 5.99. The Kier molecular flexibility index (Phi) is 4.33. The molecule has 4 aromatic heterocycles. The second kappa shape index (κ2) is 6.96. The van der Waals surface area contributed by atoms with E-state index < -0.39 is 0 Å². The monoisotopic (exact) mass is 375 g/mol. The number of terminal acetylenes is 1. The van der Waals surface area contributed by atoms with Crippen LogP contribution in [0.4, 0.5) is 0 Å². The van der Waals surface area contributed by atoms with E-state index in [0.29, 0.717) is 40.5 Å². The Balaban J connectivity index is 1.77. The zero-order chi connectivity index (χ0) is 19.7. The van der Waals surface area contributed by atoms with Gasteiger partial charge in [-0.25, -0.2) is 9.97 Å². The molecule has 0 radical (unpaired) electrons. The summed E-state index contributed by atoms with van der Waals surface area (Å²) >= 11 is 0. The molecule has 0 saturated heterocycles. The molecule has 0 amide bonds. The fraction of sp³-hybridized carbons (Fsp3) is 0.150. The summed E-state index contributed by atoms with van der Waals surface area (Å²) in [6.07, 6.45) is 12.1. The summed E-state index contributed by atoms with van der Waals surface area (Å²) in [6.45, 7) is 0.357. The first kappa shape index (κ1) is 17.4. The number of fused-ring (bicyclic) bond motifs is 1. The molecular formula is C20H17N5O3. The van der Waals surface area contributed by atoms with E-state index in [-0.39, 0.29) is 5.88 Å². The number of methoxy groups -OCH3 is 2. The van der Waals surface area contributed by atoms with Gasteiger partial charge in [-0.05, 0) is 18.2 Å². The third kappa shape index (κ3) is 2.89. The maximum absolute atomic E-state index is 10.6. The molecule has 0 fully saturated rings. The molecule has 0 bridgehead atoms. The Bertz CT molecular complexity index is 1200. The lowest BCUT2D eigenvalue weighted by Gasteiger charge is -2.08. The first-order chi connectivity index (χ1) is 13.6. The van der Waals surface area contributed by atoms with Gasteiger partial charge in [-0.3, -0.25) is 9.25 Å². The van der Waals surface area contributed by atoms with Crippen LogP contribution in [0.1, 0.15) is 0 Å². The molecule has 1 N–H and O–H groups in total. The van der Waals surface area contributed by atoms with Gasteiger partial charge in [0.15, 0.2) is 5.75 Å². The summed E-state index contributed by atoms with van der Waals surface area (Å²) in [5, 5.41) is 15.4. The van der Waals surface area contributed by atoms with Crippen molar-refractivity contribution in [1.82, 2.24) is 24.3 Å². The fourth-order valence-corrected chi connectivity index (χ4v) is 2.96. The number of hydrogen-bond donors (Lipinski definition) is 1. The molecule has 140 valence electrons. The van der Waals surface area contributed by atoms with Crippen molar-refractivity contribution in [3.8, 4) is 46.8 Å². The van der Waals surface area contributed by atoms with E-state index in [1.165, 1.54) is 7.11 Å². The number of aromatic hydroxyl groups is 1. The van der Waals surface area contributed by atoms with E-state index in [2.05, 4.69) is 21.0 Å². The number of nitrogens with zero attached hydrogens (tertiary/aromatic N) is 5. The van der Waals surface area contributed by atoms with E-state index in [9.17, 15) is 5.11 Å². The highest BCUT2D eigenvalue weighted by molar-refractivity contribution is 5.87. The minimum atomic E-state index is 0.0831. The van der Waals surface area contributed by atoms with Gasteiger partial charge in [-0.15, -0.1) is 6.42 Å². The van der Waals surface area contributed by atoms with Gasteiger partial charge in [-0.2, -0.15) is 5.10 Å². The van der Waals surface area contributed by atoms with Gasteiger partial charge in [0.2, 0.25) is 5.88 Å². The molecular weight excluding hydrogens is 358 g/mol. The number of rotatable bonds is 5. The molecule has 0 aliphatic heterocycles. The molecule has 0 aliphatic carbocycles. The Morgan fingerprint density at radius 2 is 2.04 bits per heavy atom. The predicted octanol–water partition coefficient (Wildman–Crippen LogP) is 2.64. The van der Waals surface area contributed by atoms with Crippen LogP contribution >= 0.6 is 0 Å². The molecule has 0 unspecified atom stereocenters. The maximum Gasteiger partial charge on any atom is 0.256 e. The first-order valence-corrected chi connectivity index (χ1v) is 8.40. The lowest BCUT2D eigenvalue weighted by molar-refractivity contribution is 0.343. The van der Waals surface area contributed by atoms with Crippen LogP contribution in [0.5, 0.6) is 17.5 Å². The van der Waals surface area contributed by atoms with Crippen LogP contribution in [-0.2, 0) is 6.54 Å². The molecule has 0 atom stereocenters. The van der Waals surface area contributed by atoms with E-state index in [0.717, 1.165) is 5.56 Å². The third-order valence-electron chi connectivity index (χ3n) is 4.32. The van der Waals surface area contributed by atoms with Crippen LogP contribution in [0.25, 0.3) is 27.8 Å². The third-order valence-corrected chi connectivity index (χ3v) is 4.32. The van der Waals surface area contributed by atoms with Gasteiger partial charge < -0.3 is 14.6 Å². The van der Waals surface area contributed by atoms with Gasteiger partial charge in [0, 0.05) is 18.0 Å². The molecule has 28 heavy (non-hydrogen) atoms. The summed E-state index contributed by atoms with van der Waals surface area (Å²) in [4.78, 5) is 8.90. The van der Waals surface area contributed by atoms with Gasteiger partial charge >= 0.3 is 0 Å². The minimum absolute atomic E-state index is 0.0831. The molecule has 4 aromatic rings. The first-order valence-electron chi connectivity index (χ1n) is 8.40. The van der Waals surface area contributed by atoms with Crippen molar-refractivity contribution in [3.05, 3.63) is 43.0 Å². The van der Waals surface area contributed by atoms with Crippen LogP contribution < -0.4 is 9.47 Å². The standard InChI is InChI=1S/C20H17N5O3/c1-4-7-24-11-14(10-22-24)25-12-17-15(20(25)26)5-6-16(23-17)13-8-18(27-2)19(28-3)21-9-13/h1,5-6,8-12,26H,7H2,2-3H3. The maximum atomic E-state index is 10.6. The molecule has 4 rings (SSSR count). The van der Waals surface area contributed by atoms with Gasteiger partial charge in [0.05, 0.1) is 48.9 Å². The van der Waals surface area contributed by atoms with E-state index in [1.54, 1.807) is 47.2 Å². The van der Waals surface area contributed by atoms with Crippen molar-refractivity contribution in [2.24, 2.45) is 0 Å². The van der Waals surface area contributed by atoms with Crippen LogP contribution in [0, 0.1) is 12.3 Å².